The molecule has 4 rings (SSSR count). The minimum Gasteiger partial charge on any atom is -0.488 e. The monoisotopic (exact) mass is 479 g/mol. The number of ether oxygens (including phenoxy) is 2. The highest BCUT2D eigenvalue weighted by Gasteiger charge is 2.33. The van der Waals surface area contributed by atoms with E-state index in [0.29, 0.717) is 22.3 Å². The number of thiazole rings is 1. The molecule has 11 heteroatoms. The highest BCUT2D eigenvalue weighted by atomic mass is 32.1. The number of nitrogens with one attached hydrogen (secondary N) is 1. The lowest BCUT2D eigenvalue weighted by atomic mass is 10.1. The van der Waals surface area contributed by atoms with E-state index in [1.165, 1.54) is 23.5 Å². The molecule has 33 heavy (non-hydrogen) atoms. The molecule has 174 valence electrons. The van der Waals surface area contributed by atoms with Crippen molar-refractivity contribution in [2.24, 2.45) is 0 Å². The standard InChI is InChI=1S/C22H20F3N3O4S/c1-12-13(2)33-21(26-12)28-15(10-29)11-31-19-17(4-3-5-18(19)28)20(30)27-14-6-8-16(9-7-14)32-22(23,24)25/h3-9,15,29H,10-11H2,1-2H3,(H,27,30)/t15-/m0/s1. The van der Waals surface area contributed by atoms with Crippen molar-refractivity contribution in [2.75, 3.05) is 23.4 Å². The van der Waals surface area contributed by atoms with Gasteiger partial charge in [-0.15, -0.1) is 24.5 Å². The number of hydrogen-bond acceptors (Lipinski definition) is 7. The molecule has 2 aromatic carbocycles. The number of aromatic nitrogens is 1. The van der Waals surface area contributed by atoms with Gasteiger partial charge in [0.1, 0.15) is 12.4 Å². The van der Waals surface area contributed by atoms with Crippen LogP contribution in [0.25, 0.3) is 0 Å². The first-order valence-corrected chi connectivity index (χ1v) is 10.7. The van der Waals surface area contributed by atoms with Crippen LogP contribution in [0.2, 0.25) is 0 Å². The Morgan fingerprint density at radius 3 is 2.61 bits per heavy atom. The number of aryl methyl sites for hydroxylation is 2. The molecule has 1 aromatic heterocycles. The lowest BCUT2D eigenvalue weighted by Gasteiger charge is -2.36. The highest BCUT2D eigenvalue weighted by molar-refractivity contribution is 7.15. The van der Waals surface area contributed by atoms with Crippen molar-refractivity contribution in [3.8, 4) is 11.5 Å². The number of benzene rings is 2. The fourth-order valence-corrected chi connectivity index (χ4v) is 4.38. The number of carbonyl (C=O) groups is 1. The van der Waals surface area contributed by atoms with Gasteiger partial charge in [-0.1, -0.05) is 6.07 Å². The summed E-state index contributed by atoms with van der Waals surface area (Å²) in [6.45, 7) is 3.84. The summed E-state index contributed by atoms with van der Waals surface area (Å²) in [6, 6.07) is 9.53. The fraction of sp³-hybridized carbons (Fsp3) is 0.273. The molecule has 0 spiro atoms. The summed E-state index contributed by atoms with van der Waals surface area (Å²) in [4.78, 5) is 20.5. The third-order valence-corrected chi connectivity index (χ3v) is 6.14. The molecule has 0 saturated carbocycles. The summed E-state index contributed by atoms with van der Waals surface area (Å²) in [7, 11) is 0. The average Bonchev–Trinajstić information content (AvgIpc) is 3.10. The number of alkyl halides is 3. The smallest absolute Gasteiger partial charge is 0.488 e. The predicted molar refractivity (Wildman–Crippen MR) is 118 cm³/mol. The number of fused-ring (bicyclic) bond motifs is 1. The Labute approximate surface area is 191 Å². The summed E-state index contributed by atoms with van der Waals surface area (Å²) in [6.07, 6.45) is -4.79. The summed E-state index contributed by atoms with van der Waals surface area (Å²) >= 11 is 1.48. The maximum atomic E-state index is 13.0. The fourth-order valence-electron chi connectivity index (χ4n) is 3.39. The van der Waals surface area contributed by atoms with E-state index in [1.54, 1.807) is 18.2 Å². The van der Waals surface area contributed by atoms with Crippen LogP contribution in [0.1, 0.15) is 20.9 Å². The number of rotatable bonds is 5. The number of para-hydroxylation sites is 1. The van der Waals surface area contributed by atoms with E-state index in [9.17, 15) is 23.1 Å². The second-order valence-electron chi connectivity index (χ2n) is 7.34. The number of anilines is 3. The SMILES string of the molecule is Cc1nc(N2c3cccc(C(=O)Nc4ccc(OC(F)(F)F)cc4)c3OC[C@@H]2CO)sc1C. The van der Waals surface area contributed by atoms with Crippen molar-refractivity contribution in [3.05, 3.63) is 58.6 Å². The number of amides is 1. The van der Waals surface area contributed by atoms with Crippen molar-refractivity contribution in [3.63, 3.8) is 0 Å². The van der Waals surface area contributed by atoms with Gasteiger partial charge in [-0.2, -0.15) is 0 Å². The topological polar surface area (TPSA) is 83.9 Å². The summed E-state index contributed by atoms with van der Waals surface area (Å²) < 4.78 is 46.7. The van der Waals surface area contributed by atoms with Gasteiger partial charge in [-0.25, -0.2) is 4.98 Å². The zero-order valence-corrected chi connectivity index (χ0v) is 18.5. The normalized spacial score (nSPS) is 15.6. The molecule has 0 unspecified atom stereocenters. The van der Waals surface area contributed by atoms with E-state index >= 15 is 0 Å². The van der Waals surface area contributed by atoms with Crippen LogP contribution in [-0.2, 0) is 0 Å². The van der Waals surface area contributed by atoms with Gasteiger partial charge in [-0.3, -0.25) is 4.79 Å². The molecule has 1 atom stereocenters. The van der Waals surface area contributed by atoms with Crippen LogP contribution in [0.3, 0.4) is 0 Å². The van der Waals surface area contributed by atoms with E-state index in [1.807, 2.05) is 18.7 Å². The van der Waals surface area contributed by atoms with Crippen molar-refractivity contribution in [2.45, 2.75) is 26.3 Å². The number of carbonyl (C=O) groups excluding carboxylic acids is 1. The second kappa shape index (κ2) is 8.91. The molecule has 1 amide bonds. The summed E-state index contributed by atoms with van der Waals surface area (Å²) in [5.41, 5.74) is 2.01. The molecule has 0 saturated heterocycles. The van der Waals surface area contributed by atoms with Gasteiger partial charge in [0.15, 0.2) is 10.9 Å². The van der Waals surface area contributed by atoms with Gasteiger partial charge in [0.05, 0.1) is 29.6 Å². The van der Waals surface area contributed by atoms with E-state index in [4.69, 9.17) is 4.74 Å². The molecule has 2 heterocycles. The van der Waals surface area contributed by atoms with E-state index in [2.05, 4.69) is 15.0 Å². The molecule has 1 aliphatic heterocycles. The summed E-state index contributed by atoms with van der Waals surface area (Å²) in [5, 5.41) is 13.2. The Kier molecular flexibility index (Phi) is 6.17. The third kappa shape index (κ3) is 4.88. The zero-order chi connectivity index (χ0) is 23.8. The third-order valence-electron chi connectivity index (χ3n) is 5.06. The number of aliphatic hydroxyl groups is 1. The largest absolute Gasteiger partial charge is 0.573 e. The molecule has 2 N–H and O–H groups in total. The summed E-state index contributed by atoms with van der Waals surface area (Å²) in [5.74, 6) is -0.548. The molecule has 7 nitrogen and oxygen atoms in total. The van der Waals surface area contributed by atoms with Crippen LogP contribution >= 0.6 is 11.3 Å². The quantitative estimate of drug-likeness (QED) is 0.547. The lowest BCUT2D eigenvalue weighted by Crippen LogP contribution is -2.43. The average molecular weight is 479 g/mol. The zero-order valence-electron chi connectivity index (χ0n) is 17.6. The lowest BCUT2D eigenvalue weighted by molar-refractivity contribution is -0.274. The minimum absolute atomic E-state index is 0.148. The van der Waals surface area contributed by atoms with Crippen LogP contribution in [0.15, 0.2) is 42.5 Å². The van der Waals surface area contributed by atoms with Crippen molar-refractivity contribution >= 4 is 33.8 Å². The molecular weight excluding hydrogens is 459 g/mol. The number of halogens is 3. The first-order chi connectivity index (χ1) is 15.7. The van der Waals surface area contributed by atoms with E-state index in [0.717, 1.165) is 22.7 Å². The van der Waals surface area contributed by atoms with E-state index < -0.39 is 12.3 Å². The molecule has 0 aliphatic carbocycles. The molecule has 1 aliphatic rings. The maximum absolute atomic E-state index is 13.0. The van der Waals surface area contributed by atoms with Crippen LogP contribution in [-0.4, -0.2) is 41.6 Å². The van der Waals surface area contributed by atoms with Crippen LogP contribution in [0, 0.1) is 13.8 Å². The minimum atomic E-state index is -4.79. The second-order valence-corrected chi connectivity index (χ2v) is 8.52. The van der Waals surface area contributed by atoms with Gasteiger partial charge in [-0.05, 0) is 50.2 Å². The Morgan fingerprint density at radius 1 is 1.27 bits per heavy atom. The van der Waals surface area contributed by atoms with Gasteiger partial charge >= 0.3 is 6.36 Å². The Bertz CT molecular complexity index is 1150. The molecule has 3 aromatic rings. The van der Waals surface area contributed by atoms with Crippen molar-refractivity contribution in [1.29, 1.82) is 0 Å². The number of hydrogen-bond donors (Lipinski definition) is 2. The number of aliphatic hydroxyl groups excluding tert-OH is 1. The molecular formula is C22H20F3N3O4S. The van der Waals surface area contributed by atoms with Crippen LogP contribution in [0.4, 0.5) is 29.7 Å². The molecule has 0 radical (unpaired) electrons. The highest BCUT2D eigenvalue weighted by Crippen LogP contribution is 2.43. The van der Waals surface area contributed by atoms with Crippen LogP contribution < -0.4 is 19.7 Å². The van der Waals surface area contributed by atoms with E-state index in [-0.39, 0.29) is 30.6 Å². The first kappa shape index (κ1) is 22.9. The maximum Gasteiger partial charge on any atom is 0.573 e. The predicted octanol–water partition coefficient (Wildman–Crippen LogP) is 4.80. The molecule has 0 fully saturated rings. The van der Waals surface area contributed by atoms with Gasteiger partial charge in [0.2, 0.25) is 0 Å². The van der Waals surface area contributed by atoms with Crippen molar-refractivity contribution < 1.29 is 32.5 Å². The Balaban J connectivity index is 1.61. The van der Waals surface area contributed by atoms with Crippen molar-refractivity contribution in [1.82, 2.24) is 4.98 Å². The number of nitrogens with zero attached hydrogens (tertiary/aromatic N) is 2. The molecule has 0 bridgehead atoms. The Morgan fingerprint density at radius 2 is 2.00 bits per heavy atom. The Hall–Kier alpha value is -3.31. The van der Waals surface area contributed by atoms with Gasteiger partial charge in [0.25, 0.3) is 5.91 Å². The van der Waals surface area contributed by atoms with Crippen LogP contribution in [0.5, 0.6) is 11.5 Å². The van der Waals surface area contributed by atoms with Gasteiger partial charge < -0.3 is 24.8 Å². The first-order valence-electron chi connectivity index (χ1n) is 9.93. The van der Waals surface area contributed by atoms with Gasteiger partial charge in [0, 0.05) is 10.6 Å².